The molecule has 4 heterocycles. The quantitative estimate of drug-likeness (QED) is 0.114. The van der Waals surface area contributed by atoms with Gasteiger partial charge in [-0.05, 0) is 119 Å². The van der Waals surface area contributed by atoms with Crippen LogP contribution in [0.1, 0.15) is 114 Å². The summed E-state index contributed by atoms with van der Waals surface area (Å²) in [5, 5.41) is 1.15. The van der Waals surface area contributed by atoms with Crippen LogP contribution in [0.5, 0.6) is 0 Å². The molecule has 9 aromatic rings. The van der Waals surface area contributed by atoms with Crippen molar-refractivity contribution in [2.75, 3.05) is 0 Å². The molecule has 0 saturated heterocycles. The summed E-state index contributed by atoms with van der Waals surface area (Å²) in [5.41, 5.74) is 12.7. The number of aliphatic imine (C=N–C) groups is 4. The van der Waals surface area contributed by atoms with Crippen molar-refractivity contribution >= 4 is 35.8 Å². The molecule has 0 fully saturated rings. The van der Waals surface area contributed by atoms with Gasteiger partial charge in [0.1, 0.15) is 0 Å². The maximum Gasteiger partial charge on any atom is 0.0815 e. The summed E-state index contributed by atoms with van der Waals surface area (Å²) < 4.78 is 0. The molecular weight excluding hydrogens is 869 g/mol. The minimum absolute atomic E-state index is 0.143. The molecule has 5 aromatic carbocycles. The van der Waals surface area contributed by atoms with Crippen LogP contribution in [0, 0.1) is 20.8 Å². The minimum Gasteiger partial charge on any atom is -0.283 e. The molecule has 9 rings (SSSR count). The maximum absolute atomic E-state index is 4.59. The van der Waals surface area contributed by atoms with Crippen molar-refractivity contribution in [3.8, 4) is 0 Å². The third-order valence-electron chi connectivity index (χ3n) is 11.2. The first-order valence-electron chi connectivity index (χ1n) is 24.1. The molecule has 71 heavy (non-hydrogen) atoms. The zero-order valence-electron chi connectivity index (χ0n) is 41.9. The monoisotopic (exact) mass is 933 g/mol. The Morgan fingerprint density at radius 2 is 0.676 bits per heavy atom. The molecule has 8 heteroatoms. The largest absolute Gasteiger partial charge is 0.283 e. The van der Waals surface area contributed by atoms with Crippen molar-refractivity contribution in [1.82, 2.24) is 19.9 Å². The van der Waals surface area contributed by atoms with Crippen molar-refractivity contribution in [3.63, 3.8) is 0 Å². The van der Waals surface area contributed by atoms with Gasteiger partial charge in [0.25, 0.3) is 0 Å². The van der Waals surface area contributed by atoms with Crippen LogP contribution < -0.4 is 0 Å². The number of benzene rings is 5. The first-order chi connectivity index (χ1) is 34.6. The summed E-state index contributed by atoms with van der Waals surface area (Å²) in [4.78, 5) is 35.8. The fourth-order valence-corrected chi connectivity index (χ4v) is 7.00. The number of aryl methyl sites for hydroxylation is 3. The van der Waals surface area contributed by atoms with E-state index in [1.54, 1.807) is 0 Å². The molecule has 0 aliphatic heterocycles. The Morgan fingerprint density at radius 3 is 1.06 bits per heavy atom. The average Bonchev–Trinajstić information content (AvgIpc) is 3.42. The number of hydrogen-bond acceptors (Lipinski definition) is 8. The van der Waals surface area contributed by atoms with Gasteiger partial charge in [0, 0.05) is 47.8 Å². The van der Waals surface area contributed by atoms with E-state index in [1.807, 2.05) is 197 Å². The molecule has 0 unspecified atom stereocenters. The smallest absolute Gasteiger partial charge is 0.0815 e. The van der Waals surface area contributed by atoms with Gasteiger partial charge in [-0.2, -0.15) is 0 Å². The highest BCUT2D eigenvalue weighted by Gasteiger charge is 2.04. The highest BCUT2D eigenvalue weighted by Crippen LogP contribution is 2.19. The molecule has 0 aliphatic carbocycles. The van der Waals surface area contributed by atoms with Gasteiger partial charge in [-0.25, -0.2) is 4.98 Å². The number of fused-ring (bicyclic) bond motifs is 1. The van der Waals surface area contributed by atoms with Crippen molar-refractivity contribution in [1.29, 1.82) is 0 Å². The Bertz CT molecular complexity index is 2970. The van der Waals surface area contributed by atoms with Crippen LogP contribution in [0.25, 0.3) is 10.9 Å². The lowest BCUT2D eigenvalue weighted by atomic mass is 10.1. The Labute approximate surface area is 420 Å². The van der Waals surface area contributed by atoms with E-state index < -0.39 is 0 Å². The summed E-state index contributed by atoms with van der Waals surface area (Å²) in [6, 6.07) is 69.8. The van der Waals surface area contributed by atoms with Gasteiger partial charge in [-0.15, -0.1) is 0 Å². The second kappa shape index (κ2) is 28.2. The van der Waals surface area contributed by atoms with Gasteiger partial charge >= 0.3 is 0 Å². The Morgan fingerprint density at radius 1 is 0.324 bits per heavy atom. The molecule has 0 aliphatic rings. The number of nitrogens with zero attached hydrogens (tertiary/aromatic N) is 8. The van der Waals surface area contributed by atoms with Crippen LogP contribution in [0.4, 0.5) is 0 Å². The van der Waals surface area contributed by atoms with Crippen LogP contribution in [-0.2, 0) is 0 Å². The van der Waals surface area contributed by atoms with Crippen molar-refractivity contribution < 1.29 is 0 Å². The van der Waals surface area contributed by atoms with Crippen LogP contribution in [-0.4, -0.2) is 44.8 Å². The molecule has 0 amide bonds. The summed E-state index contributed by atoms with van der Waals surface area (Å²) >= 11 is 0. The van der Waals surface area contributed by atoms with Gasteiger partial charge in [0.15, 0.2) is 0 Å². The third kappa shape index (κ3) is 18.2. The van der Waals surface area contributed by atoms with Gasteiger partial charge in [-0.1, -0.05) is 164 Å². The van der Waals surface area contributed by atoms with Crippen LogP contribution in [0.15, 0.2) is 232 Å². The van der Waals surface area contributed by atoms with E-state index in [0.717, 1.165) is 45.1 Å². The molecule has 0 radical (unpaired) electrons. The van der Waals surface area contributed by atoms with Crippen LogP contribution >= 0.6 is 0 Å². The molecule has 4 atom stereocenters. The van der Waals surface area contributed by atoms with E-state index in [9.17, 15) is 0 Å². The Balaban J connectivity index is 0.000000155. The van der Waals surface area contributed by atoms with E-state index in [4.69, 9.17) is 0 Å². The van der Waals surface area contributed by atoms with E-state index in [1.165, 1.54) is 27.8 Å². The van der Waals surface area contributed by atoms with Crippen molar-refractivity contribution in [3.05, 3.63) is 274 Å². The third-order valence-corrected chi connectivity index (χ3v) is 11.2. The fraction of sp³-hybridized carbons (Fsp3) is 0.175. The molecule has 0 bridgehead atoms. The number of aromatic nitrogens is 4. The number of rotatable bonds is 12. The zero-order valence-corrected chi connectivity index (χ0v) is 41.9. The van der Waals surface area contributed by atoms with Crippen LogP contribution in [0.3, 0.4) is 0 Å². The average molecular weight is 933 g/mol. The zero-order chi connectivity index (χ0) is 50.0. The van der Waals surface area contributed by atoms with Gasteiger partial charge in [0.2, 0.25) is 0 Å². The predicted octanol–water partition coefficient (Wildman–Crippen LogP) is 15.1. The van der Waals surface area contributed by atoms with E-state index in [-0.39, 0.29) is 24.2 Å². The first kappa shape index (κ1) is 52.0. The number of pyridine rings is 4. The highest BCUT2D eigenvalue weighted by molar-refractivity contribution is 5.85. The lowest BCUT2D eigenvalue weighted by Gasteiger charge is -2.05. The molecular formula is C63H64N8. The van der Waals surface area contributed by atoms with Gasteiger partial charge < -0.3 is 0 Å². The minimum atomic E-state index is 0.143. The fourth-order valence-electron chi connectivity index (χ4n) is 7.00. The summed E-state index contributed by atoms with van der Waals surface area (Å²) in [7, 11) is 0. The van der Waals surface area contributed by atoms with E-state index >= 15 is 0 Å². The van der Waals surface area contributed by atoms with E-state index in [2.05, 4.69) is 128 Å². The molecule has 0 N–H and O–H groups in total. The molecule has 4 aromatic heterocycles. The summed E-state index contributed by atoms with van der Waals surface area (Å²) in [6.45, 7) is 14.3. The van der Waals surface area contributed by atoms with Gasteiger partial charge in [-0.3, -0.25) is 34.9 Å². The highest BCUT2D eigenvalue weighted by atomic mass is 14.8. The summed E-state index contributed by atoms with van der Waals surface area (Å²) in [5.74, 6) is 0. The normalized spacial score (nSPS) is 12.8. The lowest BCUT2D eigenvalue weighted by molar-refractivity contribution is 0.824. The molecule has 0 saturated carbocycles. The van der Waals surface area contributed by atoms with Crippen LogP contribution in [0.2, 0.25) is 0 Å². The number of para-hydroxylation sites is 1. The Kier molecular flexibility index (Phi) is 20.7. The second-order valence-electron chi connectivity index (χ2n) is 17.1. The van der Waals surface area contributed by atoms with Crippen molar-refractivity contribution in [2.45, 2.75) is 72.6 Å². The summed E-state index contributed by atoms with van der Waals surface area (Å²) in [6.07, 6.45) is 9.21. The molecule has 356 valence electrons. The SMILES string of the molecule is C[C@H](N=Cc1ccc2ccccc2n1)c1ccccc1.Cc1ccc(C=N[C@@H](C)c2ccccc2)nc1.Cc1cccc(C=N[C@@H](C)c2ccccc2)n1.Cc1cccc(C=N[C@@H](C)c2ccccc2)n1. The predicted molar refractivity (Wildman–Crippen MR) is 298 cm³/mol. The lowest BCUT2D eigenvalue weighted by Crippen LogP contribution is -1.93. The first-order valence-corrected chi connectivity index (χ1v) is 24.1. The second-order valence-corrected chi connectivity index (χ2v) is 17.1. The van der Waals surface area contributed by atoms with Crippen molar-refractivity contribution in [2.24, 2.45) is 20.0 Å². The van der Waals surface area contributed by atoms with E-state index in [0.29, 0.717) is 0 Å². The maximum atomic E-state index is 4.59. The topological polar surface area (TPSA) is 101 Å². The standard InChI is InChI=1S/C18H16N2.3C15H16N2/c1-14(15-7-3-2-4-8-15)19-13-17-12-11-16-9-5-6-10-18(16)20-17;2*1-12-7-6-10-15(17-12)11-16-13(2)14-8-4-3-5-9-14;1-12-8-9-15(17-10-12)11-16-13(2)14-6-4-3-5-7-14/h2-14H,1H3;3*3-11,13H,1-2H3/t14-;3*13-/m0000/s1. The van der Waals surface area contributed by atoms with Gasteiger partial charge in [0.05, 0.1) is 52.5 Å². The number of hydrogen-bond donors (Lipinski definition) is 0. The Hall–Kier alpha value is -8.36. The molecule has 8 nitrogen and oxygen atoms in total. The molecule has 0 spiro atoms.